The Hall–Kier alpha value is -2.74. The summed E-state index contributed by atoms with van der Waals surface area (Å²) in [5, 5.41) is 16.4. The number of nitrogen functional groups attached to an aromatic ring is 1. The van der Waals surface area contributed by atoms with Crippen LogP contribution in [0.25, 0.3) is 11.6 Å². The number of hydrogen-bond donors (Lipinski definition) is 1. The molecule has 1 aromatic heterocycles. The Labute approximate surface area is 126 Å². The highest BCUT2D eigenvalue weighted by atomic mass is 16.6. The predicted molar refractivity (Wildman–Crippen MR) is 76.7 cm³/mol. The lowest BCUT2D eigenvalue weighted by Gasteiger charge is -2.29. The van der Waals surface area contributed by atoms with Crippen LogP contribution in [0.2, 0.25) is 0 Å². The first-order valence-corrected chi connectivity index (χ1v) is 6.52. The van der Waals surface area contributed by atoms with Gasteiger partial charge in [-0.05, 0) is 38.4 Å². The predicted octanol–water partition coefficient (Wildman–Crippen LogP) is -1.45. The van der Waals surface area contributed by atoms with Crippen molar-refractivity contribution in [3.63, 3.8) is 0 Å². The molecule has 8 nitrogen and oxygen atoms in total. The average Bonchev–Trinajstić information content (AvgIpc) is 2.85. The Balaban J connectivity index is 2.21. The number of rotatable bonds is 3. The number of methoxy groups -OCH3 is 1. The number of aromatic nitrogens is 2. The molecule has 0 unspecified atom stereocenters. The molecule has 115 valence electrons. The molecule has 0 atom stereocenters. The third kappa shape index (κ3) is 2.23. The minimum absolute atomic E-state index is 0.0809. The number of nitrogens with two attached hydrogens (primary N) is 1. The molecular formula is C14H15N5O3-. The summed E-state index contributed by atoms with van der Waals surface area (Å²) in [4.78, 5) is 5.92. The molecule has 0 saturated carbocycles. The fraction of sp³-hybridized carbons (Fsp3) is 0.214. The fourth-order valence-corrected chi connectivity index (χ4v) is 2.07. The molecular weight excluding hydrogens is 286 g/mol. The van der Waals surface area contributed by atoms with Gasteiger partial charge in [0, 0.05) is 0 Å². The smallest absolute Gasteiger partial charge is 0.221 e. The van der Waals surface area contributed by atoms with Crippen LogP contribution in [0.15, 0.2) is 29.3 Å². The number of benzene rings is 1. The minimum Gasteiger partial charge on any atom is -0.572 e. The zero-order chi connectivity index (χ0) is 15.9. The van der Waals surface area contributed by atoms with Crippen molar-refractivity contribution in [1.82, 2.24) is 14.7 Å². The molecule has 0 bridgehead atoms. The number of fused-ring (bicyclic) bond motifs is 1. The van der Waals surface area contributed by atoms with Crippen molar-refractivity contribution in [3.05, 3.63) is 41.3 Å². The van der Waals surface area contributed by atoms with Crippen LogP contribution < -0.4 is 26.3 Å². The number of nitrogens with zero attached hydrogens (tertiary/aromatic N) is 4. The van der Waals surface area contributed by atoms with Crippen LogP contribution in [-0.2, 0) is 4.74 Å². The standard InChI is InChI=1S/C14H16N5O3/c1-18(2)14-16-12-10(13(20)22-14)11(15)17-19(12)8-4-6-9(21-3)7-5-8/h4-7,20H,1-3H3,(H2,15,17)/p-1. The molecule has 2 N–H and O–H groups in total. The molecule has 0 fully saturated rings. The summed E-state index contributed by atoms with van der Waals surface area (Å²) in [6, 6.07) is 7.18. The molecule has 1 aliphatic rings. The van der Waals surface area contributed by atoms with E-state index in [2.05, 4.69) is 10.1 Å². The zero-order valence-electron chi connectivity index (χ0n) is 12.4. The summed E-state index contributed by atoms with van der Waals surface area (Å²) in [7, 11) is 5.05. The highest BCUT2D eigenvalue weighted by Crippen LogP contribution is 2.15. The summed E-state index contributed by atoms with van der Waals surface area (Å²) in [5.74, 6) is 0.234. The second-order valence-electron chi connectivity index (χ2n) is 4.87. The minimum atomic E-state index is -0.564. The normalized spacial score (nSPS) is 14.5. The first kappa shape index (κ1) is 14.2. The summed E-state index contributed by atoms with van der Waals surface area (Å²) in [5.41, 5.74) is 6.89. The van der Waals surface area contributed by atoms with E-state index in [1.807, 2.05) is 0 Å². The molecule has 2 aromatic rings. The topological polar surface area (TPSA) is 101 Å². The Morgan fingerprint density at radius 3 is 2.55 bits per heavy atom. The van der Waals surface area contributed by atoms with E-state index in [1.165, 1.54) is 4.68 Å². The van der Waals surface area contributed by atoms with Crippen LogP contribution in [0, 0.1) is 6.35 Å². The van der Waals surface area contributed by atoms with E-state index in [0.29, 0.717) is 11.2 Å². The van der Waals surface area contributed by atoms with Gasteiger partial charge in [-0.1, -0.05) is 0 Å². The van der Waals surface area contributed by atoms with Gasteiger partial charge in [-0.25, -0.2) is 9.67 Å². The van der Waals surface area contributed by atoms with Crippen molar-refractivity contribution in [1.29, 1.82) is 0 Å². The van der Waals surface area contributed by atoms with Crippen LogP contribution in [0.3, 0.4) is 0 Å². The zero-order valence-corrected chi connectivity index (χ0v) is 12.4. The molecule has 0 amide bonds. The van der Waals surface area contributed by atoms with Crippen molar-refractivity contribution in [2.45, 2.75) is 0 Å². The molecule has 8 heteroatoms. The Bertz CT molecular complexity index is 810. The van der Waals surface area contributed by atoms with Gasteiger partial charge in [0.05, 0.1) is 24.0 Å². The van der Waals surface area contributed by atoms with Gasteiger partial charge in [0.1, 0.15) is 5.75 Å². The Kier molecular flexibility index (Phi) is 3.38. The molecule has 0 saturated heterocycles. The molecule has 0 aliphatic carbocycles. The van der Waals surface area contributed by atoms with Crippen molar-refractivity contribution >= 4 is 11.8 Å². The second kappa shape index (κ2) is 5.23. The maximum absolute atomic E-state index is 12.1. The van der Waals surface area contributed by atoms with Crippen molar-refractivity contribution in [3.8, 4) is 11.4 Å². The summed E-state index contributed by atoms with van der Waals surface area (Å²) in [6.07, 6.45) is 0.187. The van der Waals surface area contributed by atoms with E-state index in [-0.39, 0.29) is 17.4 Å². The van der Waals surface area contributed by atoms with Crippen LogP contribution in [0.4, 0.5) is 5.82 Å². The van der Waals surface area contributed by atoms with Gasteiger partial charge in [0.15, 0.2) is 11.3 Å². The average molecular weight is 301 g/mol. The van der Waals surface area contributed by atoms with Gasteiger partial charge in [0.25, 0.3) is 0 Å². The Morgan fingerprint density at radius 1 is 1.27 bits per heavy atom. The van der Waals surface area contributed by atoms with Crippen LogP contribution in [0.5, 0.6) is 5.75 Å². The quantitative estimate of drug-likeness (QED) is 0.744. The highest BCUT2D eigenvalue weighted by Gasteiger charge is 2.18. The van der Waals surface area contributed by atoms with E-state index in [0.717, 1.165) is 5.75 Å². The third-order valence-electron chi connectivity index (χ3n) is 3.18. The van der Waals surface area contributed by atoms with Gasteiger partial charge in [0.2, 0.25) is 6.35 Å². The molecule has 1 aliphatic heterocycles. The van der Waals surface area contributed by atoms with Gasteiger partial charge < -0.3 is 20.3 Å². The van der Waals surface area contributed by atoms with Crippen LogP contribution in [0.1, 0.15) is 0 Å². The SMILES string of the molecule is COc1ccc(-n2nc(N)c3c2=N[C](N(C)C)OC=3[O-])cc1. The number of hydrogen-bond acceptors (Lipinski definition) is 7. The highest BCUT2D eigenvalue weighted by molar-refractivity contribution is 5.44. The molecule has 0 spiro atoms. The summed E-state index contributed by atoms with van der Waals surface area (Å²) >= 11 is 0. The van der Waals surface area contributed by atoms with E-state index in [4.69, 9.17) is 15.2 Å². The Morgan fingerprint density at radius 2 is 1.95 bits per heavy atom. The number of ether oxygens (including phenoxy) is 2. The van der Waals surface area contributed by atoms with Crippen molar-refractivity contribution in [2.75, 3.05) is 26.9 Å². The maximum atomic E-state index is 12.1. The lowest BCUT2D eigenvalue weighted by atomic mass is 10.3. The van der Waals surface area contributed by atoms with E-state index in [9.17, 15) is 5.11 Å². The summed E-state index contributed by atoms with van der Waals surface area (Å²) in [6.45, 7) is 0. The van der Waals surface area contributed by atoms with E-state index in [1.54, 1.807) is 50.4 Å². The lowest BCUT2D eigenvalue weighted by molar-refractivity contribution is -0.294. The maximum Gasteiger partial charge on any atom is 0.221 e. The fourth-order valence-electron chi connectivity index (χ4n) is 2.07. The van der Waals surface area contributed by atoms with Crippen molar-refractivity contribution in [2.24, 2.45) is 4.99 Å². The van der Waals surface area contributed by atoms with E-state index < -0.39 is 5.95 Å². The van der Waals surface area contributed by atoms with Crippen LogP contribution >= 0.6 is 0 Å². The number of anilines is 1. The van der Waals surface area contributed by atoms with Gasteiger partial charge in [-0.15, -0.1) is 5.10 Å². The summed E-state index contributed by atoms with van der Waals surface area (Å²) < 4.78 is 11.8. The van der Waals surface area contributed by atoms with Gasteiger partial charge >= 0.3 is 0 Å². The monoisotopic (exact) mass is 301 g/mol. The molecule has 2 heterocycles. The molecule has 3 rings (SSSR count). The first-order valence-electron chi connectivity index (χ1n) is 6.52. The third-order valence-corrected chi connectivity index (χ3v) is 3.18. The van der Waals surface area contributed by atoms with Crippen molar-refractivity contribution < 1.29 is 14.6 Å². The molecule has 1 aromatic carbocycles. The second-order valence-corrected chi connectivity index (χ2v) is 4.87. The van der Waals surface area contributed by atoms with Gasteiger partial charge in [-0.3, -0.25) is 4.90 Å². The molecule has 22 heavy (non-hydrogen) atoms. The lowest BCUT2D eigenvalue weighted by Crippen LogP contribution is -2.42. The van der Waals surface area contributed by atoms with Gasteiger partial charge in [-0.2, -0.15) is 0 Å². The van der Waals surface area contributed by atoms with Crippen LogP contribution in [-0.4, -0.2) is 35.9 Å². The largest absolute Gasteiger partial charge is 0.572 e. The van der Waals surface area contributed by atoms with E-state index >= 15 is 0 Å². The first-order chi connectivity index (χ1) is 10.5. The molecule has 1 radical (unpaired) electrons.